The molecule has 0 atom stereocenters. The van der Waals surface area contributed by atoms with E-state index in [0.717, 1.165) is 6.42 Å². The van der Waals surface area contributed by atoms with E-state index in [1.54, 1.807) is 49.6 Å². The Hall–Kier alpha value is -3.16. The summed E-state index contributed by atoms with van der Waals surface area (Å²) in [5, 5.41) is 5.58. The molecule has 166 valence electrons. The SMILES string of the molecule is COCCNC(=O)c1ccccc1NC(=O)c1ccc(OCCc2ccccc2)c(Br)c1. The first-order valence-electron chi connectivity index (χ1n) is 10.2. The molecule has 0 fully saturated rings. The zero-order valence-corrected chi connectivity index (χ0v) is 19.4. The van der Waals surface area contributed by atoms with Crippen molar-refractivity contribution in [3.8, 4) is 5.75 Å². The molecule has 0 aliphatic carbocycles. The van der Waals surface area contributed by atoms with Crippen LogP contribution in [0.4, 0.5) is 5.69 Å². The van der Waals surface area contributed by atoms with Crippen LogP contribution in [0.3, 0.4) is 0 Å². The minimum absolute atomic E-state index is 0.277. The number of hydrogen-bond donors (Lipinski definition) is 2. The molecule has 0 aliphatic heterocycles. The van der Waals surface area contributed by atoms with Crippen LogP contribution in [0.2, 0.25) is 0 Å². The number of rotatable bonds is 10. The summed E-state index contributed by atoms with van der Waals surface area (Å²) >= 11 is 3.48. The molecule has 0 aromatic heterocycles. The highest BCUT2D eigenvalue weighted by Gasteiger charge is 2.15. The van der Waals surface area contributed by atoms with Crippen molar-refractivity contribution in [2.75, 3.05) is 32.2 Å². The summed E-state index contributed by atoms with van der Waals surface area (Å²) in [6.45, 7) is 1.32. The third-order valence-corrected chi connectivity index (χ3v) is 5.32. The third-order valence-electron chi connectivity index (χ3n) is 4.70. The number of amides is 2. The lowest BCUT2D eigenvalue weighted by Gasteiger charge is -2.13. The fourth-order valence-corrected chi connectivity index (χ4v) is 3.52. The van der Waals surface area contributed by atoms with E-state index in [0.29, 0.717) is 46.8 Å². The Kier molecular flexibility index (Phi) is 8.83. The predicted molar refractivity (Wildman–Crippen MR) is 128 cm³/mol. The van der Waals surface area contributed by atoms with Gasteiger partial charge in [-0.25, -0.2) is 0 Å². The Morgan fingerprint density at radius 2 is 1.66 bits per heavy atom. The van der Waals surface area contributed by atoms with E-state index in [1.165, 1.54) is 5.56 Å². The summed E-state index contributed by atoms with van der Waals surface area (Å²) in [7, 11) is 1.57. The quantitative estimate of drug-likeness (QED) is 0.399. The van der Waals surface area contributed by atoms with Gasteiger partial charge in [-0.05, 0) is 51.8 Å². The maximum absolute atomic E-state index is 12.8. The van der Waals surface area contributed by atoms with E-state index < -0.39 is 0 Å². The molecule has 0 bridgehead atoms. The number of benzene rings is 3. The van der Waals surface area contributed by atoms with E-state index in [2.05, 4.69) is 38.7 Å². The molecule has 0 heterocycles. The zero-order valence-electron chi connectivity index (χ0n) is 17.8. The van der Waals surface area contributed by atoms with Gasteiger partial charge in [0.05, 0.1) is 28.9 Å². The van der Waals surface area contributed by atoms with Crippen LogP contribution in [0.25, 0.3) is 0 Å². The van der Waals surface area contributed by atoms with E-state index in [1.807, 2.05) is 18.2 Å². The van der Waals surface area contributed by atoms with Gasteiger partial charge in [-0.1, -0.05) is 42.5 Å². The van der Waals surface area contributed by atoms with Gasteiger partial charge >= 0.3 is 0 Å². The lowest BCUT2D eigenvalue weighted by Crippen LogP contribution is -2.28. The monoisotopic (exact) mass is 496 g/mol. The van der Waals surface area contributed by atoms with Gasteiger partial charge in [0, 0.05) is 25.6 Å². The number of halogens is 1. The van der Waals surface area contributed by atoms with Gasteiger partial charge in [0.1, 0.15) is 5.75 Å². The molecule has 0 spiro atoms. The summed E-state index contributed by atoms with van der Waals surface area (Å²) in [5.74, 6) is 0.0652. The molecule has 3 aromatic rings. The molecule has 7 heteroatoms. The molecular weight excluding hydrogens is 472 g/mol. The smallest absolute Gasteiger partial charge is 0.255 e. The van der Waals surface area contributed by atoms with Crippen LogP contribution in [0, 0.1) is 0 Å². The highest BCUT2D eigenvalue weighted by atomic mass is 79.9. The van der Waals surface area contributed by atoms with Crippen LogP contribution in [0.1, 0.15) is 26.3 Å². The molecule has 3 rings (SSSR count). The van der Waals surface area contributed by atoms with Crippen molar-refractivity contribution in [1.82, 2.24) is 5.32 Å². The Morgan fingerprint density at radius 3 is 2.41 bits per heavy atom. The number of carbonyl (C=O) groups is 2. The number of carbonyl (C=O) groups excluding carboxylic acids is 2. The van der Waals surface area contributed by atoms with Crippen LogP contribution in [0.15, 0.2) is 77.3 Å². The van der Waals surface area contributed by atoms with Gasteiger partial charge in [-0.2, -0.15) is 0 Å². The van der Waals surface area contributed by atoms with Crippen molar-refractivity contribution in [2.24, 2.45) is 0 Å². The van der Waals surface area contributed by atoms with Crippen molar-refractivity contribution in [3.05, 3.63) is 94.0 Å². The summed E-state index contributed by atoms with van der Waals surface area (Å²) in [4.78, 5) is 25.2. The Balaban J connectivity index is 1.62. The fourth-order valence-electron chi connectivity index (χ4n) is 3.03. The standard InChI is InChI=1S/C25H25BrN2O4/c1-31-16-14-27-25(30)20-9-5-6-10-22(20)28-24(29)19-11-12-23(21(26)17-19)32-15-13-18-7-3-2-4-8-18/h2-12,17H,13-16H2,1H3,(H,27,30)(H,28,29). The molecule has 0 saturated heterocycles. The molecule has 0 radical (unpaired) electrons. The largest absolute Gasteiger partial charge is 0.492 e. The number of methoxy groups -OCH3 is 1. The van der Waals surface area contributed by atoms with Crippen LogP contribution in [-0.4, -0.2) is 38.7 Å². The van der Waals surface area contributed by atoms with Crippen molar-refractivity contribution < 1.29 is 19.1 Å². The molecule has 3 aromatic carbocycles. The van der Waals surface area contributed by atoms with Gasteiger partial charge < -0.3 is 20.1 Å². The van der Waals surface area contributed by atoms with Crippen molar-refractivity contribution >= 4 is 33.4 Å². The highest BCUT2D eigenvalue weighted by Crippen LogP contribution is 2.27. The molecule has 0 unspecified atom stereocenters. The number of hydrogen-bond acceptors (Lipinski definition) is 4. The molecule has 2 amide bonds. The second-order valence-electron chi connectivity index (χ2n) is 6.98. The summed E-state index contributed by atoms with van der Waals surface area (Å²) < 4.78 is 11.5. The molecule has 6 nitrogen and oxygen atoms in total. The van der Waals surface area contributed by atoms with Gasteiger partial charge in [-0.3, -0.25) is 9.59 Å². The van der Waals surface area contributed by atoms with Crippen LogP contribution in [0.5, 0.6) is 5.75 Å². The second-order valence-corrected chi connectivity index (χ2v) is 7.83. The van der Waals surface area contributed by atoms with Gasteiger partial charge in [0.15, 0.2) is 0 Å². The number of para-hydroxylation sites is 1. The number of nitrogens with one attached hydrogen (secondary N) is 2. The molecule has 2 N–H and O–H groups in total. The zero-order chi connectivity index (χ0) is 22.8. The second kappa shape index (κ2) is 12.0. The average Bonchev–Trinajstić information content (AvgIpc) is 2.81. The summed E-state index contributed by atoms with van der Waals surface area (Å²) in [6.07, 6.45) is 0.790. The topological polar surface area (TPSA) is 76.7 Å². The maximum atomic E-state index is 12.8. The van der Waals surface area contributed by atoms with Crippen LogP contribution >= 0.6 is 15.9 Å². The summed E-state index contributed by atoms with van der Waals surface area (Å²) in [6, 6.07) is 22.1. The molecular formula is C25H25BrN2O4. The van der Waals surface area contributed by atoms with Gasteiger partial charge in [-0.15, -0.1) is 0 Å². The maximum Gasteiger partial charge on any atom is 0.255 e. The van der Waals surface area contributed by atoms with Crippen molar-refractivity contribution in [1.29, 1.82) is 0 Å². The Bertz CT molecular complexity index is 1060. The van der Waals surface area contributed by atoms with E-state index in [9.17, 15) is 9.59 Å². The first-order valence-corrected chi connectivity index (χ1v) is 11.0. The average molecular weight is 497 g/mol. The van der Waals surface area contributed by atoms with E-state index in [-0.39, 0.29) is 11.8 Å². The Morgan fingerprint density at radius 1 is 0.906 bits per heavy atom. The number of anilines is 1. The van der Waals surface area contributed by atoms with E-state index >= 15 is 0 Å². The van der Waals surface area contributed by atoms with Crippen LogP contribution in [-0.2, 0) is 11.2 Å². The normalized spacial score (nSPS) is 10.4. The third kappa shape index (κ3) is 6.67. The minimum atomic E-state index is -0.321. The predicted octanol–water partition coefficient (Wildman–Crippen LogP) is 4.70. The van der Waals surface area contributed by atoms with Crippen molar-refractivity contribution in [3.63, 3.8) is 0 Å². The lowest BCUT2D eigenvalue weighted by atomic mass is 10.1. The Labute approximate surface area is 196 Å². The first-order chi connectivity index (χ1) is 15.6. The van der Waals surface area contributed by atoms with Gasteiger partial charge in [0.25, 0.3) is 11.8 Å². The molecule has 32 heavy (non-hydrogen) atoms. The summed E-state index contributed by atoms with van der Waals surface area (Å²) in [5.41, 5.74) is 2.47. The first kappa shape index (κ1) is 23.5. The number of ether oxygens (including phenoxy) is 2. The fraction of sp³-hybridized carbons (Fsp3) is 0.200. The van der Waals surface area contributed by atoms with Gasteiger partial charge in [0.2, 0.25) is 0 Å². The van der Waals surface area contributed by atoms with Crippen LogP contribution < -0.4 is 15.4 Å². The lowest BCUT2D eigenvalue weighted by molar-refractivity contribution is 0.0938. The van der Waals surface area contributed by atoms with E-state index in [4.69, 9.17) is 9.47 Å². The molecule has 0 aliphatic rings. The minimum Gasteiger partial charge on any atom is -0.492 e. The molecule has 0 saturated carbocycles. The highest BCUT2D eigenvalue weighted by molar-refractivity contribution is 9.10. The van der Waals surface area contributed by atoms with Crippen molar-refractivity contribution in [2.45, 2.75) is 6.42 Å².